The van der Waals surface area contributed by atoms with E-state index in [1.165, 1.54) is 69.0 Å². The van der Waals surface area contributed by atoms with E-state index in [1.54, 1.807) is 0 Å². The molecule has 2 N–H and O–H groups in total. The predicted molar refractivity (Wildman–Crippen MR) is 106 cm³/mol. The van der Waals surface area contributed by atoms with Crippen molar-refractivity contribution in [2.45, 2.75) is 75.8 Å². The Morgan fingerprint density at radius 2 is 2.04 bits per heavy atom. The fraction of sp³-hybridized carbons (Fsp3) is 0.739. The summed E-state index contributed by atoms with van der Waals surface area (Å²) in [6, 6.07) is 7.28. The van der Waals surface area contributed by atoms with E-state index in [0.29, 0.717) is 23.2 Å². The van der Waals surface area contributed by atoms with E-state index >= 15 is 0 Å². The molecule has 1 unspecified atom stereocenters. The summed E-state index contributed by atoms with van der Waals surface area (Å²) in [4.78, 5) is 2.58. The molecule has 5 rings (SSSR count). The maximum atomic E-state index is 10.1. The third-order valence-electron chi connectivity index (χ3n) is 8.28. The number of benzene rings is 1. The third kappa shape index (κ3) is 2.39. The molecule has 2 saturated carbocycles. The van der Waals surface area contributed by atoms with Crippen LogP contribution in [0.25, 0.3) is 0 Å². The van der Waals surface area contributed by atoms with Gasteiger partial charge in [0.1, 0.15) is 5.75 Å². The van der Waals surface area contributed by atoms with Gasteiger partial charge < -0.3 is 15.3 Å². The molecule has 4 atom stereocenters. The van der Waals surface area contributed by atoms with Crippen molar-refractivity contribution in [2.75, 3.05) is 20.1 Å². The van der Waals surface area contributed by atoms with E-state index in [1.807, 2.05) is 6.07 Å². The average molecular weight is 355 g/mol. The molecule has 142 valence electrons. The van der Waals surface area contributed by atoms with E-state index in [0.717, 1.165) is 12.5 Å². The molecule has 3 heteroatoms. The highest BCUT2D eigenvalue weighted by atomic mass is 16.3. The zero-order valence-corrected chi connectivity index (χ0v) is 16.4. The number of aromatic hydroxyl groups is 1. The van der Waals surface area contributed by atoms with Gasteiger partial charge in [-0.3, -0.25) is 0 Å². The summed E-state index contributed by atoms with van der Waals surface area (Å²) in [5.41, 5.74) is 3.48. The number of nitrogens with zero attached hydrogens (tertiary/aromatic N) is 1. The maximum absolute atomic E-state index is 10.1. The maximum Gasteiger partial charge on any atom is 0.115 e. The normalized spacial score (nSPS) is 39.3. The molecular weight excluding hydrogens is 320 g/mol. The first-order valence-electron chi connectivity index (χ1n) is 10.8. The lowest BCUT2D eigenvalue weighted by molar-refractivity contribution is -0.0421. The first-order chi connectivity index (χ1) is 12.5. The van der Waals surface area contributed by atoms with E-state index in [9.17, 15) is 5.11 Å². The molecule has 26 heavy (non-hydrogen) atoms. The molecule has 1 aliphatic heterocycles. The minimum atomic E-state index is 0.147. The monoisotopic (exact) mass is 354 g/mol. The summed E-state index contributed by atoms with van der Waals surface area (Å²) in [5, 5.41) is 14.2. The Morgan fingerprint density at radius 3 is 2.81 bits per heavy atom. The molecule has 4 aliphatic rings. The molecule has 0 amide bonds. The molecule has 1 spiro atoms. The summed E-state index contributed by atoms with van der Waals surface area (Å²) < 4.78 is 0. The number of fused-ring (bicyclic) bond motifs is 3. The second kappa shape index (κ2) is 5.97. The molecule has 1 aromatic rings. The van der Waals surface area contributed by atoms with Crippen molar-refractivity contribution < 1.29 is 5.11 Å². The lowest BCUT2D eigenvalue weighted by atomic mass is 9.63. The van der Waals surface area contributed by atoms with E-state index in [2.05, 4.69) is 36.3 Å². The number of phenolic OH excluding ortho intramolecular Hbond substituents is 1. The molecule has 3 aliphatic carbocycles. The molecule has 1 heterocycles. The van der Waals surface area contributed by atoms with Gasteiger partial charge in [-0.25, -0.2) is 0 Å². The topological polar surface area (TPSA) is 35.5 Å². The fourth-order valence-corrected chi connectivity index (χ4v) is 7.37. The molecular formula is C23H34N2O. The van der Waals surface area contributed by atoms with Crippen molar-refractivity contribution in [3.63, 3.8) is 0 Å². The van der Waals surface area contributed by atoms with Gasteiger partial charge in [0.05, 0.1) is 0 Å². The zero-order chi connectivity index (χ0) is 17.9. The van der Waals surface area contributed by atoms with Crippen molar-refractivity contribution in [3.8, 4) is 5.75 Å². The Bertz CT molecular complexity index is 697. The van der Waals surface area contributed by atoms with Gasteiger partial charge in [-0.1, -0.05) is 45.1 Å². The highest BCUT2D eigenvalue weighted by Gasteiger charge is 2.68. The van der Waals surface area contributed by atoms with E-state index in [4.69, 9.17) is 0 Å². The van der Waals surface area contributed by atoms with Crippen molar-refractivity contribution in [1.82, 2.24) is 10.2 Å². The molecule has 1 aromatic carbocycles. The van der Waals surface area contributed by atoms with Crippen LogP contribution < -0.4 is 5.32 Å². The molecule has 3 fully saturated rings. The second-order valence-corrected chi connectivity index (χ2v) is 10.1. The Labute approximate surface area is 158 Å². The number of phenols is 1. The summed E-state index contributed by atoms with van der Waals surface area (Å²) in [6.07, 6.45) is 11.0. The van der Waals surface area contributed by atoms with Crippen LogP contribution in [0.3, 0.4) is 0 Å². The number of rotatable bonds is 4. The Morgan fingerprint density at radius 1 is 1.23 bits per heavy atom. The van der Waals surface area contributed by atoms with Crippen LogP contribution in [-0.2, 0) is 11.8 Å². The minimum absolute atomic E-state index is 0.147. The number of nitrogens with one attached hydrogen (secondary N) is 1. The van der Waals surface area contributed by atoms with Crippen LogP contribution in [0.2, 0.25) is 0 Å². The second-order valence-electron chi connectivity index (χ2n) is 10.1. The molecule has 1 saturated heterocycles. The minimum Gasteiger partial charge on any atom is -0.508 e. The number of likely N-dealkylation sites (tertiary alicyclic amines) is 1. The quantitative estimate of drug-likeness (QED) is 0.862. The summed E-state index contributed by atoms with van der Waals surface area (Å²) in [5.74, 6) is 1.36. The lowest BCUT2D eigenvalue weighted by Crippen LogP contribution is -2.66. The third-order valence-corrected chi connectivity index (χ3v) is 8.28. The molecule has 2 bridgehead atoms. The lowest BCUT2D eigenvalue weighted by Gasteiger charge is -2.55. The van der Waals surface area contributed by atoms with Crippen LogP contribution in [0.1, 0.15) is 63.0 Å². The van der Waals surface area contributed by atoms with Gasteiger partial charge in [0, 0.05) is 29.5 Å². The Kier molecular flexibility index (Phi) is 3.92. The first-order valence-corrected chi connectivity index (χ1v) is 10.8. The van der Waals surface area contributed by atoms with Crippen molar-refractivity contribution in [1.29, 1.82) is 0 Å². The standard InChI is InChI=1S/C23H34N2O/c1-22-14-23(13-17-8-9-18(26)12-19(17)22)15-25(2)21(23)20(22)24-11-10-16-6-4-3-5-7-16/h8-9,12,16,20-21,24,26H,3-7,10-11,13-15H2,1-2H3/t20-,21+,22-,23?/m1/s1. The van der Waals surface area contributed by atoms with Gasteiger partial charge in [-0.15, -0.1) is 0 Å². The van der Waals surface area contributed by atoms with Gasteiger partial charge >= 0.3 is 0 Å². The largest absolute Gasteiger partial charge is 0.508 e. The van der Waals surface area contributed by atoms with Crippen LogP contribution in [0.4, 0.5) is 0 Å². The fourth-order valence-electron chi connectivity index (χ4n) is 7.37. The average Bonchev–Trinajstić information content (AvgIpc) is 2.78. The van der Waals surface area contributed by atoms with Gasteiger partial charge in [0.25, 0.3) is 0 Å². The highest BCUT2D eigenvalue weighted by molar-refractivity contribution is 5.49. The van der Waals surface area contributed by atoms with Gasteiger partial charge in [-0.05, 0) is 62.0 Å². The smallest absolute Gasteiger partial charge is 0.115 e. The van der Waals surface area contributed by atoms with Gasteiger partial charge in [0.15, 0.2) is 0 Å². The van der Waals surface area contributed by atoms with Crippen LogP contribution in [0.15, 0.2) is 18.2 Å². The highest BCUT2D eigenvalue weighted by Crippen LogP contribution is 2.63. The summed E-state index contributed by atoms with van der Waals surface area (Å²) >= 11 is 0. The van der Waals surface area contributed by atoms with Gasteiger partial charge in [-0.2, -0.15) is 0 Å². The van der Waals surface area contributed by atoms with Crippen LogP contribution in [0, 0.1) is 11.3 Å². The van der Waals surface area contributed by atoms with Crippen LogP contribution >= 0.6 is 0 Å². The Balaban J connectivity index is 1.39. The van der Waals surface area contributed by atoms with Crippen LogP contribution in [-0.4, -0.2) is 42.2 Å². The zero-order valence-electron chi connectivity index (χ0n) is 16.4. The number of hydrogen-bond donors (Lipinski definition) is 2. The predicted octanol–water partition coefficient (Wildman–Crippen LogP) is 3.84. The van der Waals surface area contributed by atoms with Crippen LogP contribution in [0.5, 0.6) is 5.75 Å². The van der Waals surface area contributed by atoms with Crippen molar-refractivity contribution in [3.05, 3.63) is 29.3 Å². The molecule has 0 radical (unpaired) electrons. The number of likely N-dealkylation sites (N-methyl/N-ethyl adjacent to an activating group) is 1. The SMILES string of the molecule is CN1CC23Cc4ccc(O)cc4[C@@](C)(C2)[C@H](NCCC2CCCCC2)[C@H]13. The Hall–Kier alpha value is -1.06. The molecule has 3 nitrogen and oxygen atoms in total. The van der Waals surface area contributed by atoms with Crippen molar-refractivity contribution in [2.24, 2.45) is 11.3 Å². The summed E-state index contributed by atoms with van der Waals surface area (Å²) in [6.45, 7) is 4.84. The van der Waals surface area contributed by atoms with Gasteiger partial charge in [0.2, 0.25) is 0 Å². The molecule has 0 aromatic heterocycles. The number of hydrogen-bond acceptors (Lipinski definition) is 3. The first kappa shape index (κ1) is 17.1. The summed E-state index contributed by atoms with van der Waals surface area (Å²) in [7, 11) is 2.30. The van der Waals surface area contributed by atoms with E-state index in [-0.39, 0.29) is 5.41 Å². The van der Waals surface area contributed by atoms with E-state index < -0.39 is 0 Å². The van der Waals surface area contributed by atoms with Crippen molar-refractivity contribution >= 4 is 0 Å².